The molecule has 1 heterocycles. The van der Waals surface area contributed by atoms with E-state index in [9.17, 15) is 9.59 Å². The van der Waals surface area contributed by atoms with E-state index in [0.717, 1.165) is 32.1 Å². The first-order valence-electron chi connectivity index (χ1n) is 7.55. The zero-order valence-corrected chi connectivity index (χ0v) is 12.1. The van der Waals surface area contributed by atoms with Crippen LogP contribution in [0.3, 0.4) is 0 Å². The Morgan fingerprint density at radius 2 is 2.15 bits per heavy atom. The predicted octanol–water partition coefficient (Wildman–Crippen LogP) is 1.61. The Balaban J connectivity index is 2.25. The van der Waals surface area contributed by atoms with Crippen LogP contribution >= 0.6 is 0 Å². The third-order valence-corrected chi connectivity index (χ3v) is 4.49. The first-order valence-corrected chi connectivity index (χ1v) is 7.55. The smallest absolute Gasteiger partial charge is 0.322 e. The molecule has 0 amide bonds. The molecule has 0 aromatic heterocycles. The maximum absolute atomic E-state index is 12.6. The van der Waals surface area contributed by atoms with Crippen molar-refractivity contribution in [2.24, 2.45) is 5.41 Å². The number of carbonyl (C=O) groups excluding carboxylic acids is 2. The second-order valence-electron chi connectivity index (χ2n) is 5.76. The SMILES string of the molecule is COC(=O)[C@@]1(CCCO)C(=O)CCCCCC[C@H]2O[C@@H]21. The molecule has 2 rings (SSSR count). The highest BCUT2D eigenvalue weighted by molar-refractivity contribution is 6.05. The van der Waals surface area contributed by atoms with Gasteiger partial charge in [0.15, 0.2) is 11.2 Å². The molecule has 3 atom stereocenters. The van der Waals surface area contributed by atoms with E-state index in [1.54, 1.807) is 0 Å². The third-order valence-electron chi connectivity index (χ3n) is 4.49. The van der Waals surface area contributed by atoms with E-state index in [0.29, 0.717) is 19.3 Å². The van der Waals surface area contributed by atoms with Gasteiger partial charge in [-0.05, 0) is 25.7 Å². The van der Waals surface area contributed by atoms with Gasteiger partial charge in [-0.3, -0.25) is 9.59 Å². The van der Waals surface area contributed by atoms with Crippen LogP contribution in [-0.4, -0.2) is 42.8 Å². The fraction of sp³-hybridized carbons (Fsp3) is 0.867. The predicted molar refractivity (Wildman–Crippen MR) is 72.1 cm³/mol. The molecule has 1 N–H and O–H groups in total. The Morgan fingerprint density at radius 1 is 1.40 bits per heavy atom. The normalized spacial score (nSPS) is 34.2. The number of epoxide rings is 1. The highest BCUT2D eigenvalue weighted by atomic mass is 16.6. The molecule has 2 fully saturated rings. The molecule has 5 nitrogen and oxygen atoms in total. The Bertz CT molecular complexity index is 367. The summed E-state index contributed by atoms with van der Waals surface area (Å²) in [5, 5.41) is 9.07. The standard InChI is InChI=1S/C15H24O5/c1-19-14(18)15(9-6-10-16)12(17)8-5-3-2-4-7-11-13(15)20-11/h11,13,16H,2-10H2,1H3/t11-,13+,15+/m1/s1. The molecule has 0 aromatic rings. The summed E-state index contributed by atoms with van der Waals surface area (Å²) in [6.07, 6.45) is 5.68. The van der Waals surface area contributed by atoms with Gasteiger partial charge in [-0.25, -0.2) is 0 Å². The molecule has 1 aliphatic heterocycles. The highest BCUT2D eigenvalue weighted by Crippen LogP contribution is 2.47. The fourth-order valence-electron chi connectivity index (χ4n) is 3.32. The minimum Gasteiger partial charge on any atom is -0.468 e. The molecule has 0 spiro atoms. The number of esters is 1. The van der Waals surface area contributed by atoms with Crippen molar-refractivity contribution in [3.63, 3.8) is 0 Å². The summed E-state index contributed by atoms with van der Waals surface area (Å²) < 4.78 is 10.6. The maximum atomic E-state index is 12.6. The van der Waals surface area contributed by atoms with Crippen molar-refractivity contribution in [2.45, 2.75) is 63.6 Å². The average molecular weight is 284 g/mol. The number of Topliss-reactive ketones (excluding diaryl/α,β-unsaturated/α-hetero) is 1. The fourth-order valence-corrected chi connectivity index (χ4v) is 3.32. The van der Waals surface area contributed by atoms with Crippen molar-refractivity contribution < 1.29 is 24.2 Å². The Hall–Kier alpha value is -0.940. The van der Waals surface area contributed by atoms with Gasteiger partial charge in [0, 0.05) is 13.0 Å². The van der Waals surface area contributed by atoms with Gasteiger partial charge in [0.1, 0.15) is 6.10 Å². The van der Waals surface area contributed by atoms with Crippen LogP contribution in [0.15, 0.2) is 0 Å². The van der Waals surface area contributed by atoms with Gasteiger partial charge in [-0.2, -0.15) is 0 Å². The molecule has 0 bridgehead atoms. The van der Waals surface area contributed by atoms with Gasteiger partial charge in [0.25, 0.3) is 0 Å². The summed E-state index contributed by atoms with van der Waals surface area (Å²) in [4.78, 5) is 24.9. The largest absolute Gasteiger partial charge is 0.468 e. The van der Waals surface area contributed by atoms with Crippen LogP contribution in [0.2, 0.25) is 0 Å². The van der Waals surface area contributed by atoms with Gasteiger partial charge in [-0.15, -0.1) is 0 Å². The van der Waals surface area contributed by atoms with Crippen LogP contribution in [0.25, 0.3) is 0 Å². The molecule has 2 aliphatic rings. The van der Waals surface area contributed by atoms with Crippen molar-refractivity contribution in [3.8, 4) is 0 Å². The number of fused-ring (bicyclic) bond motifs is 1. The molecule has 0 aromatic carbocycles. The van der Waals surface area contributed by atoms with Gasteiger partial charge >= 0.3 is 5.97 Å². The van der Waals surface area contributed by atoms with Gasteiger partial charge in [-0.1, -0.05) is 19.3 Å². The lowest BCUT2D eigenvalue weighted by molar-refractivity contribution is -0.160. The van der Waals surface area contributed by atoms with E-state index in [-0.39, 0.29) is 24.6 Å². The Labute approximate surface area is 119 Å². The van der Waals surface area contributed by atoms with Crippen molar-refractivity contribution in [3.05, 3.63) is 0 Å². The monoisotopic (exact) mass is 284 g/mol. The lowest BCUT2D eigenvalue weighted by atomic mass is 9.72. The molecule has 114 valence electrons. The van der Waals surface area contributed by atoms with Crippen LogP contribution in [0.5, 0.6) is 0 Å². The number of carbonyl (C=O) groups is 2. The minimum atomic E-state index is -1.19. The van der Waals surface area contributed by atoms with E-state index >= 15 is 0 Å². The zero-order chi connectivity index (χ0) is 14.6. The molecule has 0 radical (unpaired) electrons. The molecule has 5 heteroatoms. The van der Waals surface area contributed by atoms with Crippen LogP contribution in [0.1, 0.15) is 51.4 Å². The van der Waals surface area contributed by atoms with Crippen molar-refractivity contribution in [1.29, 1.82) is 0 Å². The number of aliphatic hydroxyl groups excluding tert-OH is 1. The Morgan fingerprint density at radius 3 is 2.85 bits per heavy atom. The maximum Gasteiger partial charge on any atom is 0.322 e. The van der Waals surface area contributed by atoms with Crippen LogP contribution in [0, 0.1) is 5.41 Å². The lowest BCUT2D eigenvalue weighted by Gasteiger charge is -2.28. The lowest BCUT2D eigenvalue weighted by Crippen LogP contribution is -2.46. The second-order valence-corrected chi connectivity index (χ2v) is 5.76. The van der Waals surface area contributed by atoms with Gasteiger partial charge in [0.05, 0.1) is 13.2 Å². The van der Waals surface area contributed by atoms with Crippen molar-refractivity contribution in [2.75, 3.05) is 13.7 Å². The quantitative estimate of drug-likeness (QED) is 0.482. The summed E-state index contributed by atoms with van der Waals surface area (Å²) in [6, 6.07) is 0. The van der Waals surface area contributed by atoms with E-state index in [1.165, 1.54) is 7.11 Å². The molecule has 1 aliphatic carbocycles. The summed E-state index contributed by atoms with van der Waals surface area (Å²) >= 11 is 0. The van der Waals surface area contributed by atoms with Gasteiger partial charge < -0.3 is 14.6 Å². The van der Waals surface area contributed by atoms with Crippen LogP contribution < -0.4 is 0 Å². The number of ether oxygens (including phenoxy) is 2. The molecule has 1 saturated heterocycles. The number of methoxy groups -OCH3 is 1. The summed E-state index contributed by atoms with van der Waals surface area (Å²) in [5.41, 5.74) is -1.19. The van der Waals surface area contributed by atoms with E-state index in [2.05, 4.69) is 0 Å². The van der Waals surface area contributed by atoms with Crippen LogP contribution in [-0.2, 0) is 19.1 Å². The summed E-state index contributed by atoms with van der Waals surface area (Å²) in [5.74, 6) is -0.573. The second kappa shape index (κ2) is 6.68. The first-order chi connectivity index (χ1) is 9.66. The first kappa shape index (κ1) is 15.4. The number of hydrogen-bond donors (Lipinski definition) is 1. The molecule has 0 unspecified atom stereocenters. The van der Waals surface area contributed by atoms with Gasteiger partial charge in [0.2, 0.25) is 0 Å². The summed E-state index contributed by atoms with van der Waals surface area (Å²) in [6.45, 7) is -0.0383. The number of ketones is 1. The average Bonchev–Trinajstić information content (AvgIpc) is 3.22. The molecular formula is C15H24O5. The number of hydrogen-bond acceptors (Lipinski definition) is 5. The van der Waals surface area contributed by atoms with E-state index in [4.69, 9.17) is 14.6 Å². The van der Waals surface area contributed by atoms with E-state index in [1.807, 2.05) is 0 Å². The molecule has 20 heavy (non-hydrogen) atoms. The number of rotatable bonds is 4. The van der Waals surface area contributed by atoms with Crippen LogP contribution in [0.4, 0.5) is 0 Å². The number of aliphatic hydroxyl groups is 1. The van der Waals surface area contributed by atoms with Crippen molar-refractivity contribution >= 4 is 11.8 Å². The van der Waals surface area contributed by atoms with E-state index < -0.39 is 11.4 Å². The summed E-state index contributed by atoms with van der Waals surface area (Å²) in [7, 11) is 1.31. The minimum absolute atomic E-state index is 0.00478. The topological polar surface area (TPSA) is 76.1 Å². The Kier molecular flexibility index (Phi) is 5.16. The molecular weight excluding hydrogens is 260 g/mol. The zero-order valence-electron chi connectivity index (χ0n) is 12.1. The van der Waals surface area contributed by atoms with Crippen molar-refractivity contribution in [1.82, 2.24) is 0 Å². The molecule has 1 saturated carbocycles. The highest BCUT2D eigenvalue weighted by Gasteiger charge is 2.62. The third kappa shape index (κ3) is 2.88.